The molecule has 3 heterocycles. The molecule has 2 aromatic carbocycles. The van der Waals surface area contributed by atoms with Crippen LogP contribution in [-0.4, -0.2) is 57.8 Å². The molecule has 1 saturated heterocycles. The number of hydrogen-bond acceptors (Lipinski definition) is 4. The number of carbonyl (C=O) groups excluding carboxylic acids is 2. The first kappa shape index (κ1) is 24.5. The zero-order valence-corrected chi connectivity index (χ0v) is 21.3. The first-order valence-electron chi connectivity index (χ1n) is 12.5. The summed E-state index contributed by atoms with van der Waals surface area (Å²) in [7, 11) is 0. The summed E-state index contributed by atoms with van der Waals surface area (Å²) in [4.78, 5) is 36.1. The number of aromatic nitrogens is 2. The number of carbonyl (C=O) groups is 2. The predicted molar refractivity (Wildman–Crippen MR) is 152 cm³/mol. The molecule has 192 valence electrons. The minimum atomic E-state index is -0.238. The van der Waals surface area contributed by atoms with E-state index in [-0.39, 0.29) is 14.7 Å². The second kappa shape index (κ2) is 10.4. The van der Waals surface area contributed by atoms with Crippen LogP contribution in [-0.2, 0) is 16.1 Å². The molecule has 0 saturated carbocycles. The number of H-pyrrole nitrogens is 1. The Morgan fingerprint density at radius 1 is 1.08 bits per heavy atom. The number of hydrogen-bond donors (Lipinski definition) is 2. The van der Waals surface area contributed by atoms with Crippen molar-refractivity contribution in [3.8, 4) is 22.4 Å². The van der Waals surface area contributed by atoms with Gasteiger partial charge in [0, 0.05) is 65.3 Å². The smallest absolute Gasteiger partial charge is 0.247 e. The normalized spacial score (nSPS) is 14.1. The van der Waals surface area contributed by atoms with E-state index in [4.69, 9.17) is 0 Å². The van der Waals surface area contributed by atoms with E-state index in [1.807, 2.05) is 30.0 Å². The van der Waals surface area contributed by atoms with Crippen molar-refractivity contribution in [1.29, 1.82) is 0 Å². The van der Waals surface area contributed by atoms with Gasteiger partial charge in [-0.15, -0.1) is 0 Å². The van der Waals surface area contributed by atoms with Crippen LogP contribution >= 0.6 is 0 Å². The number of fused-ring (bicyclic) bond motifs is 1. The molecule has 1 aliphatic heterocycles. The number of nitrogens with one attached hydrogen (secondary N) is 2. The number of aromatic amines is 1. The van der Waals surface area contributed by atoms with Crippen LogP contribution in [0.25, 0.3) is 33.4 Å². The molecular formula is C30H35N5O2. The second-order valence-electron chi connectivity index (χ2n) is 9.48. The van der Waals surface area contributed by atoms with E-state index >= 15 is 0 Å². The van der Waals surface area contributed by atoms with E-state index in [0.29, 0.717) is 0 Å². The number of aryl methyl sites for hydroxylation is 1. The monoisotopic (exact) mass is 497 g/mol. The van der Waals surface area contributed by atoms with Crippen LogP contribution in [0.4, 0.5) is 5.69 Å². The van der Waals surface area contributed by atoms with E-state index in [1.165, 1.54) is 11.6 Å². The Hall–Kier alpha value is -4.23. The van der Waals surface area contributed by atoms with Gasteiger partial charge in [-0.25, -0.2) is 4.98 Å². The minimum absolute atomic E-state index is 0. The zero-order chi connectivity index (χ0) is 25.9. The Labute approximate surface area is 219 Å². The fourth-order valence-corrected chi connectivity index (χ4v) is 4.94. The summed E-state index contributed by atoms with van der Waals surface area (Å²) in [6, 6.07) is 18.7. The highest BCUT2D eigenvalue weighted by molar-refractivity contribution is 6.04. The SMILES string of the molecule is C=CC(=O)Nc1cc(-c2c(-c3cccc(CN4CCN(C(C)=O)CC4)c3)[nH]c3ncccc23)ccc1C.[HH].[HH]. The molecule has 2 amide bonds. The van der Waals surface area contributed by atoms with Gasteiger partial charge in [-0.1, -0.05) is 36.9 Å². The van der Waals surface area contributed by atoms with E-state index in [2.05, 4.69) is 63.2 Å². The molecule has 1 fully saturated rings. The summed E-state index contributed by atoms with van der Waals surface area (Å²) in [6.07, 6.45) is 3.06. The number of anilines is 1. The van der Waals surface area contributed by atoms with Crippen molar-refractivity contribution in [2.24, 2.45) is 0 Å². The van der Waals surface area contributed by atoms with Gasteiger partial charge in [0.2, 0.25) is 11.8 Å². The molecule has 0 atom stereocenters. The average molecular weight is 498 g/mol. The number of benzene rings is 2. The van der Waals surface area contributed by atoms with Gasteiger partial charge < -0.3 is 15.2 Å². The third-order valence-electron chi connectivity index (χ3n) is 6.98. The topological polar surface area (TPSA) is 81.3 Å². The Morgan fingerprint density at radius 2 is 1.89 bits per heavy atom. The first-order valence-corrected chi connectivity index (χ1v) is 12.5. The summed E-state index contributed by atoms with van der Waals surface area (Å²) in [5, 5.41) is 3.94. The van der Waals surface area contributed by atoms with Crippen LogP contribution < -0.4 is 5.32 Å². The maximum absolute atomic E-state index is 12.0. The van der Waals surface area contributed by atoms with Gasteiger partial charge in [0.1, 0.15) is 5.65 Å². The Balaban J connectivity index is 0.00000210. The molecule has 4 aromatic rings. The number of nitrogens with zero attached hydrogens (tertiary/aromatic N) is 3. The van der Waals surface area contributed by atoms with Crippen molar-refractivity contribution in [3.63, 3.8) is 0 Å². The number of amides is 2. The molecule has 2 aromatic heterocycles. The summed E-state index contributed by atoms with van der Waals surface area (Å²) < 4.78 is 0. The van der Waals surface area contributed by atoms with Crippen LogP contribution in [0.15, 0.2) is 73.4 Å². The maximum atomic E-state index is 12.0. The fraction of sp³-hybridized carbons (Fsp3) is 0.233. The second-order valence-corrected chi connectivity index (χ2v) is 9.48. The molecule has 0 spiro atoms. The molecule has 2 N–H and O–H groups in total. The quantitative estimate of drug-likeness (QED) is 0.345. The third-order valence-corrected chi connectivity index (χ3v) is 6.98. The lowest BCUT2D eigenvalue weighted by Crippen LogP contribution is -2.47. The van der Waals surface area contributed by atoms with E-state index in [0.717, 1.165) is 77.4 Å². The molecule has 1 aliphatic rings. The lowest BCUT2D eigenvalue weighted by Gasteiger charge is -2.34. The van der Waals surface area contributed by atoms with Crippen molar-refractivity contribution >= 4 is 28.5 Å². The molecule has 7 heteroatoms. The van der Waals surface area contributed by atoms with Crippen molar-refractivity contribution < 1.29 is 12.4 Å². The van der Waals surface area contributed by atoms with Gasteiger partial charge in [0.25, 0.3) is 0 Å². The van der Waals surface area contributed by atoms with E-state index in [1.54, 1.807) is 13.1 Å². The summed E-state index contributed by atoms with van der Waals surface area (Å²) in [5.74, 6) is -0.0946. The number of rotatable bonds is 6. The maximum Gasteiger partial charge on any atom is 0.247 e. The molecular weight excluding hydrogens is 462 g/mol. The van der Waals surface area contributed by atoms with E-state index < -0.39 is 0 Å². The Bertz CT molecular complexity index is 1490. The molecule has 0 aliphatic carbocycles. The van der Waals surface area contributed by atoms with Crippen LogP contribution in [0, 0.1) is 6.92 Å². The van der Waals surface area contributed by atoms with Crippen LogP contribution in [0.1, 0.15) is 20.9 Å². The molecule has 7 nitrogen and oxygen atoms in total. The average Bonchev–Trinajstić information content (AvgIpc) is 3.30. The molecule has 5 rings (SSSR count). The van der Waals surface area contributed by atoms with Gasteiger partial charge in [0.15, 0.2) is 0 Å². The van der Waals surface area contributed by atoms with E-state index in [9.17, 15) is 9.59 Å². The van der Waals surface area contributed by atoms with Gasteiger partial charge in [-0.2, -0.15) is 0 Å². The van der Waals surface area contributed by atoms with Crippen LogP contribution in [0.5, 0.6) is 0 Å². The van der Waals surface area contributed by atoms with Crippen molar-refractivity contribution in [2.45, 2.75) is 20.4 Å². The summed E-state index contributed by atoms with van der Waals surface area (Å²) >= 11 is 0. The fourth-order valence-electron chi connectivity index (χ4n) is 4.94. The lowest BCUT2D eigenvalue weighted by atomic mass is 9.96. The minimum Gasteiger partial charge on any atom is -0.340 e. The lowest BCUT2D eigenvalue weighted by molar-refractivity contribution is -0.130. The zero-order valence-electron chi connectivity index (χ0n) is 21.3. The number of piperazine rings is 1. The third kappa shape index (κ3) is 5.17. The Kier molecular flexibility index (Phi) is 6.88. The highest BCUT2D eigenvalue weighted by atomic mass is 16.2. The van der Waals surface area contributed by atoms with Crippen molar-refractivity contribution in [2.75, 3.05) is 31.5 Å². The molecule has 0 bridgehead atoms. The highest BCUT2D eigenvalue weighted by Gasteiger charge is 2.20. The van der Waals surface area contributed by atoms with Crippen molar-refractivity contribution in [3.05, 3.63) is 84.6 Å². The predicted octanol–water partition coefficient (Wildman–Crippen LogP) is 5.49. The van der Waals surface area contributed by atoms with Crippen LogP contribution in [0.2, 0.25) is 0 Å². The standard InChI is InChI=1S/C30H31N5O2.2H2/c1-4-27(37)32-26-18-23(11-10-20(26)2)28-25-9-6-12-31-30(25)33-29(28)24-8-5-7-22(17-24)19-34-13-15-35(16-14-34)21(3)36;;/h4-12,17-18H,1,13-16,19H2,2-3H3,(H,31,33)(H,32,37);2*1H. The van der Waals surface area contributed by atoms with Gasteiger partial charge in [0.05, 0.1) is 5.69 Å². The molecule has 0 radical (unpaired) electrons. The largest absolute Gasteiger partial charge is 0.340 e. The highest BCUT2D eigenvalue weighted by Crippen LogP contribution is 2.39. The molecule has 0 unspecified atom stereocenters. The van der Waals surface area contributed by atoms with Crippen LogP contribution in [0.3, 0.4) is 0 Å². The summed E-state index contributed by atoms with van der Waals surface area (Å²) in [5.41, 5.74) is 7.86. The summed E-state index contributed by atoms with van der Waals surface area (Å²) in [6.45, 7) is 11.3. The first-order chi connectivity index (χ1) is 17.9. The number of pyridine rings is 1. The van der Waals surface area contributed by atoms with Crippen molar-refractivity contribution in [1.82, 2.24) is 19.8 Å². The van der Waals surface area contributed by atoms with Gasteiger partial charge in [-0.05, 0) is 59.5 Å². The van der Waals surface area contributed by atoms with Gasteiger partial charge >= 0.3 is 0 Å². The molecule has 37 heavy (non-hydrogen) atoms. The van der Waals surface area contributed by atoms with Gasteiger partial charge in [-0.3, -0.25) is 14.5 Å². The Morgan fingerprint density at radius 3 is 2.65 bits per heavy atom.